The number of carbonyl (C=O) groups is 1. The van der Waals surface area contributed by atoms with Gasteiger partial charge in [0.05, 0.1) is 16.5 Å². The maximum Gasteiger partial charge on any atom is 0.255 e. The summed E-state index contributed by atoms with van der Waals surface area (Å²) < 4.78 is 32.4. The van der Waals surface area contributed by atoms with Crippen molar-refractivity contribution in [2.75, 3.05) is 19.0 Å². The lowest BCUT2D eigenvalue weighted by Gasteiger charge is -2.09. The van der Waals surface area contributed by atoms with E-state index in [9.17, 15) is 13.2 Å². The summed E-state index contributed by atoms with van der Waals surface area (Å²) in [4.78, 5) is 12.4. The molecule has 25 heavy (non-hydrogen) atoms. The van der Waals surface area contributed by atoms with Crippen LogP contribution in [0.15, 0.2) is 51.8 Å². The van der Waals surface area contributed by atoms with Crippen LogP contribution in [0.4, 0.5) is 5.69 Å². The second-order valence-corrected chi connectivity index (χ2v) is 7.85. The van der Waals surface area contributed by atoms with Gasteiger partial charge in [0.15, 0.2) is 0 Å². The summed E-state index contributed by atoms with van der Waals surface area (Å²) in [6.07, 6.45) is 0.713. The van der Waals surface area contributed by atoms with E-state index >= 15 is 0 Å². The minimum atomic E-state index is -3.52. The molecule has 0 fully saturated rings. The maximum atomic E-state index is 12.3. The maximum absolute atomic E-state index is 12.3. The molecule has 0 saturated carbocycles. The summed E-state index contributed by atoms with van der Waals surface area (Å²) in [5, 5.41) is 2.73. The van der Waals surface area contributed by atoms with Crippen LogP contribution in [0.2, 0.25) is 0 Å². The van der Waals surface area contributed by atoms with E-state index in [2.05, 4.69) is 26.0 Å². The Hall–Kier alpha value is -1.90. The zero-order valence-electron chi connectivity index (χ0n) is 13.9. The van der Waals surface area contributed by atoms with Gasteiger partial charge in [-0.05, 0) is 64.8 Å². The van der Waals surface area contributed by atoms with Crippen LogP contribution >= 0.6 is 15.9 Å². The van der Waals surface area contributed by atoms with Crippen LogP contribution in [0, 0.1) is 0 Å². The lowest BCUT2D eigenvalue weighted by molar-refractivity contribution is 0.102. The molecule has 0 aliphatic carbocycles. The van der Waals surface area contributed by atoms with Crippen molar-refractivity contribution in [1.82, 2.24) is 4.72 Å². The number of halogens is 1. The quantitative estimate of drug-likeness (QED) is 0.710. The Kier molecular flexibility index (Phi) is 6.57. The van der Waals surface area contributed by atoms with E-state index in [1.54, 1.807) is 37.4 Å². The number of carbonyl (C=O) groups excluding carboxylic acids is 1. The molecule has 2 aromatic rings. The van der Waals surface area contributed by atoms with Crippen molar-refractivity contribution in [3.05, 3.63) is 52.5 Å². The fourth-order valence-corrected chi connectivity index (χ4v) is 3.72. The van der Waals surface area contributed by atoms with Gasteiger partial charge in [-0.2, -0.15) is 0 Å². The fraction of sp³-hybridized carbons (Fsp3) is 0.235. The highest BCUT2D eigenvalue weighted by atomic mass is 79.9. The van der Waals surface area contributed by atoms with Crippen LogP contribution in [-0.2, 0) is 10.0 Å². The monoisotopic (exact) mass is 426 g/mol. The second-order valence-electron chi connectivity index (χ2n) is 5.23. The Morgan fingerprint density at radius 1 is 1.16 bits per heavy atom. The third-order valence-electron chi connectivity index (χ3n) is 3.38. The van der Waals surface area contributed by atoms with E-state index in [1.165, 1.54) is 12.1 Å². The molecule has 0 saturated heterocycles. The molecule has 2 rings (SSSR count). The number of sulfonamides is 1. The lowest BCUT2D eigenvalue weighted by Crippen LogP contribution is -2.24. The molecular weight excluding hydrogens is 408 g/mol. The highest BCUT2D eigenvalue weighted by Gasteiger charge is 2.14. The number of methoxy groups -OCH3 is 1. The summed E-state index contributed by atoms with van der Waals surface area (Å²) in [7, 11) is -1.97. The van der Waals surface area contributed by atoms with Crippen LogP contribution < -0.4 is 14.8 Å². The molecule has 0 aliphatic heterocycles. The molecule has 2 aromatic carbocycles. The molecule has 1 amide bonds. The lowest BCUT2D eigenvalue weighted by atomic mass is 10.2. The molecule has 2 N–H and O–H groups in total. The van der Waals surface area contributed by atoms with Gasteiger partial charge in [0.1, 0.15) is 5.75 Å². The predicted molar refractivity (Wildman–Crippen MR) is 101 cm³/mol. The molecule has 0 bridgehead atoms. The van der Waals surface area contributed by atoms with Crippen LogP contribution in [-0.4, -0.2) is 28.0 Å². The van der Waals surface area contributed by atoms with E-state index in [0.29, 0.717) is 34.4 Å². The molecule has 0 spiro atoms. The van der Waals surface area contributed by atoms with Gasteiger partial charge >= 0.3 is 0 Å². The van der Waals surface area contributed by atoms with Crippen LogP contribution in [0.3, 0.4) is 0 Å². The van der Waals surface area contributed by atoms with E-state index in [1.807, 2.05) is 6.92 Å². The number of hydrogen-bond donors (Lipinski definition) is 2. The Morgan fingerprint density at radius 3 is 2.40 bits per heavy atom. The molecule has 0 aliphatic rings. The van der Waals surface area contributed by atoms with Crippen LogP contribution in [0.25, 0.3) is 0 Å². The first-order valence-electron chi connectivity index (χ1n) is 7.62. The Morgan fingerprint density at radius 2 is 1.84 bits per heavy atom. The van der Waals surface area contributed by atoms with Gasteiger partial charge in [-0.3, -0.25) is 4.79 Å². The van der Waals surface area contributed by atoms with Gasteiger partial charge in [-0.25, -0.2) is 13.1 Å². The fourth-order valence-electron chi connectivity index (χ4n) is 2.05. The Bertz CT molecular complexity index is 851. The van der Waals surface area contributed by atoms with Gasteiger partial charge in [0.2, 0.25) is 10.0 Å². The number of amides is 1. The molecule has 0 aromatic heterocycles. The van der Waals surface area contributed by atoms with Crippen molar-refractivity contribution in [2.24, 2.45) is 0 Å². The molecule has 6 nitrogen and oxygen atoms in total. The van der Waals surface area contributed by atoms with Crippen molar-refractivity contribution in [1.29, 1.82) is 0 Å². The van der Waals surface area contributed by atoms with Crippen molar-refractivity contribution >= 4 is 37.5 Å². The third kappa shape index (κ3) is 5.04. The van der Waals surface area contributed by atoms with E-state index in [4.69, 9.17) is 4.74 Å². The highest BCUT2D eigenvalue weighted by molar-refractivity contribution is 9.10. The normalized spacial score (nSPS) is 11.2. The number of benzene rings is 2. The average Bonchev–Trinajstić information content (AvgIpc) is 2.60. The second kappa shape index (κ2) is 8.46. The predicted octanol–water partition coefficient (Wildman–Crippen LogP) is 3.40. The number of hydrogen-bond acceptors (Lipinski definition) is 4. The first-order valence-corrected chi connectivity index (χ1v) is 9.89. The topological polar surface area (TPSA) is 84.5 Å². The van der Waals surface area contributed by atoms with Gasteiger partial charge in [0, 0.05) is 17.8 Å². The third-order valence-corrected chi connectivity index (χ3v) is 5.48. The Labute approximate surface area is 155 Å². The first-order chi connectivity index (χ1) is 11.9. The standard InChI is InChI=1S/C17H19BrN2O4S/c1-3-10-19-25(22,23)14-7-5-13(6-8-14)20-17(21)12-4-9-16(24-2)15(18)11-12/h4-9,11,19H,3,10H2,1-2H3,(H,20,21). The zero-order valence-corrected chi connectivity index (χ0v) is 16.3. The minimum Gasteiger partial charge on any atom is -0.496 e. The number of ether oxygens (including phenoxy) is 1. The molecule has 0 atom stereocenters. The van der Waals surface area contributed by atoms with Gasteiger partial charge in [-0.1, -0.05) is 6.92 Å². The summed E-state index contributed by atoms with van der Waals surface area (Å²) in [5.74, 6) is 0.328. The minimum absolute atomic E-state index is 0.158. The van der Waals surface area contributed by atoms with Crippen molar-refractivity contribution < 1.29 is 17.9 Å². The SMILES string of the molecule is CCCNS(=O)(=O)c1ccc(NC(=O)c2ccc(OC)c(Br)c2)cc1. The zero-order chi connectivity index (χ0) is 18.4. The van der Waals surface area contributed by atoms with Gasteiger partial charge in [-0.15, -0.1) is 0 Å². The largest absolute Gasteiger partial charge is 0.496 e. The van der Waals surface area contributed by atoms with Crippen molar-refractivity contribution in [2.45, 2.75) is 18.2 Å². The number of anilines is 1. The Balaban J connectivity index is 2.10. The molecule has 134 valence electrons. The first kappa shape index (κ1) is 19.4. The van der Waals surface area contributed by atoms with Gasteiger partial charge in [0.25, 0.3) is 5.91 Å². The molecule has 0 unspecified atom stereocenters. The van der Waals surface area contributed by atoms with Crippen LogP contribution in [0.5, 0.6) is 5.75 Å². The smallest absolute Gasteiger partial charge is 0.255 e. The number of rotatable bonds is 7. The van der Waals surface area contributed by atoms with E-state index in [-0.39, 0.29) is 10.8 Å². The van der Waals surface area contributed by atoms with E-state index in [0.717, 1.165) is 0 Å². The summed E-state index contributed by atoms with van der Waals surface area (Å²) in [6, 6.07) is 11.0. The summed E-state index contributed by atoms with van der Waals surface area (Å²) in [6.45, 7) is 2.27. The summed E-state index contributed by atoms with van der Waals surface area (Å²) in [5.41, 5.74) is 0.959. The highest BCUT2D eigenvalue weighted by Crippen LogP contribution is 2.26. The van der Waals surface area contributed by atoms with E-state index < -0.39 is 10.0 Å². The van der Waals surface area contributed by atoms with Crippen LogP contribution in [0.1, 0.15) is 23.7 Å². The average molecular weight is 427 g/mol. The molecule has 8 heteroatoms. The number of nitrogens with one attached hydrogen (secondary N) is 2. The van der Waals surface area contributed by atoms with Gasteiger partial charge < -0.3 is 10.1 Å². The molecule has 0 radical (unpaired) electrons. The molecule has 0 heterocycles. The van der Waals surface area contributed by atoms with Crippen molar-refractivity contribution in [3.8, 4) is 5.75 Å². The molecular formula is C17H19BrN2O4S. The summed E-state index contributed by atoms with van der Waals surface area (Å²) >= 11 is 3.33. The van der Waals surface area contributed by atoms with Crippen molar-refractivity contribution in [3.63, 3.8) is 0 Å².